The van der Waals surface area contributed by atoms with Crippen molar-refractivity contribution >= 4 is 34.5 Å². The Kier molecular flexibility index (Phi) is 3.83. The SMILES string of the molecule is N#Cc1ccc2nc(/C=C(\O)c3ccc(Cl)cc3)c(=O)[nH]c2c1. The molecular weight excluding hydrogens is 314 g/mol. The van der Waals surface area contributed by atoms with Gasteiger partial charge in [-0.2, -0.15) is 5.26 Å². The molecule has 1 aromatic heterocycles. The summed E-state index contributed by atoms with van der Waals surface area (Å²) in [5, 5.41) is 19.5. The third-order valence-corrected chi connectivity index (χ3v) is 3.51. The van der Waals surface area contributed by atoms with Gasteiger partial charge in [0.25, 0.3) is 5.56 Å². The Morgan fingerprint density at radius 1 is 1.26 bits per heavy atom. The molecule has 0 amide bonds. The topological polar surface area (TPSA) is 89.8 Å². The lowest BCUT2D eigenvalue weighted by Gasteiger charge is -2.02. The third kappa shape index (κ3) is 3.07. The Hall–Kier alpha value is -3.10. The molecule has 0 aliphatic carbocycles. The first-order valence-electron chi connectivity index (χ1n) is 6.67. The fraction of sp³-hybridized carbons (Fsp3) is 0. The number of aliphatic hydroxyl groups excluding tert-OH is 1. The highest BCUT2D eigenvalue weighted by molar-refractivity contribution is 6.30. The van der Waals surface area contributed by atoms with Gasteiger partial charge in [-0.25, -0.2) is 4.98 Å². The number of hydrogen-bond donors (Lipinski definition) is 2. The highest BCUT2D eigenvalue weighted by Crippen LogP contribution is 2.17. The number of rotatable bonds is 2. The number of halogens is 1. The van der Waals surface area contributed by atoms with Crippen molar-refractivity contribution < 1.29 is 5.11 Å². The molecule has 3 rings (SSSR count). The second kappa shape index (κ2) is 5.95. The molecule has 0 saturated carbocycles. The van der Waals surface area contributed by atoms with Gasteiger partial charge in [-0.1, -0.05) is 11.6 Å². The largest absolute Gasteiger partial charge is 0.507 e. The van der Waals surface area contributed by atoms with Crippen molar-refractivity contribution in [2.24, 2.45) is 0 Å². The van der Waals surface area contributed by atoms with Crippen LogP contribution in [0.2, 0.25) is 5.02 Å². The minimum atomic E-state index is -0.451. The number of nitrogens with one attached hydrogen (secondary N) is 1. The maximum absolute atomic E-state index is 12.1. The zero-order chi connectivity index (χ0) is 16.4. The molecule has 0 spiro atoms. The lowest BCUT2D eigenvalue weighted by Crippen LogP contribution is -2.12. The van der Waals surface area contributed by atoms with Gasteiger partial charge in [0.15, 0.2) is 0 Å². The number of aliphatic hydroxyl groups is 1. The fourth-order valence-corrected chi connectivity index (χ4v) is 2.23. The molecule has 2 aromatic carbocycles. The van der Waals surface area contributed by atoms with Crippen LogP contribution in [0.15, 0.2) is 47.3 Å². The normalized spacial score (nSPS) is 11.4. The molecule has 23 heavy (non-hydrogen) atoms. The molecule has 0 fully saturated rings. The van der Waals surface area contributed by atoms with Crippen LogP contribution in [-0.2, 0) is 0 Å². The quantitative estimate of drug-likeness (QED) is 0.706. The monoisotopic (exact) mass is 323 g/mol. The van der Waals surface area contributed by atoms with E-state index >= 15 is 0 Å². The van der Waals surface area contributed by atoms with Gasteiger partial charge in [-0.15, -0.1) is 0 Å². The van der Waals surface area contributed by atoms with Gasteiger partial charge >= 0.3 is 0 Å². The van der Waals surface area contributed by atoms with E-state index in [4.69, 9.17) is 16.9 Å². The van der Waals surface area contributed by atoms with Crippen molar-refractivity contribution in [2.45, 2.75) is 0 Å². The number of aromatic nitrogens is 2. The minimum absolute atomic E-state index is 0.0784. The van der Waals surface area contributed by atoms with E-state index in [0.29, 0.717) is 27.2 Å². The maximum Gasteiger partial charge on any atom is 0.274 e. The summed E-state index contributed by atoms with van der Waals surface area (Å²) in [6.45, 7) is 0. The predicted octanol–water partition coefficient (Wildman–Crippen LogP) is 3.50. The molecule has 112 valence electrons. The summed E-state index contributed by atoms with van der Waals surface area (Å²) in [5.41, 5.74) is 1.58. The van der Waals surface area contributed by atoms with E-state index in [1.165, 1.54) is 6.08 Å². The van der Waals surface area contributed by atoms with Crippen molar-refractivity contribution in [1.29, 1.82) is 5.26 Å². The molecule has 1 heterocycles. The average Bonchev–Trinajstić information content (AvgIpc) is 2.55. The second-order valence-electron chi connectivity index (χ2n) is 4.83. The molecule has 0 aliphatic rings. The number of benzene rings is 2. The molecule has 0 unspecified atom stereocenters. The third-order valence-electron chi connectivity index (χ3n) is 3.26. The van der Waals surface area contributed by atoms with Crippen LogP contribution in [0.4, 0.5) is 0 Å². The van der Waals surface area contributed by atoms with Crippen LogP contribution in [0.1, 0.15) is 16.8 Å². The van der Waals surface area contributed by atoms with Crippen LogP contribution in [0.5, 0.6) is 0 Å². The zero-order valence-electron chi connectivity index (χ0n) is 11.7. The van der Waals surface area contributed by atoms with E-state index in [2.05, 4.69) is 9.97 Å². The first-order valence-corrected chi connectivity index (χ1v) is 7.05. The Labute approximate surface area is 136 Å². The molecule has 0 saturated heterocycles. The number of nitriles is 1. The van der Waals surface area contributed by atoms with Gasteiger partial charge in [-0.05, 0) is 42.5 Å². The van der Waals surface area contributed by atoms with Crippen molar-refractivity contribution in [2.75, 3.05) is 0 Å². The molecule has 0 bridgehead atoms. The Morgan fingerprint density at radius 2 is 2.00 bits per heavy atom. The van der Waals surface area contributed by atoms with Crippen LogP contribution in [0, 0.1) is 11.3 Å². The van der Waals surface area contributed by atoms with Gasteiger partial charge in [0.2, 0.25) is 0 Å². The van der Waals surface area contributed by atoms with E-state index in [1.54, 1.807) is 42.5 Å². The van der Waals surface area contributed by atoms with E-state index in [0.717, 1.165) is 0 Å². The number of aromatic amines is 1. The van der Waals surface area contributed by atoms with Crippen LogP contribution < -0.4 is 5.56 Å². The van der Waals surface area contributed by atoms with Gasteiger partial charge in [0.05, 0.1) is 22.7 Å². The van der Waals surface area contributed by atoms with Gasteiger partial charge in [0.1, 0.15) is 11.5 Å². The van der Waals surface area contributed by atoms with Gasteiger partial charge in [-0.3, -0.25) is 4.79 Å². The molecule has 0 aliphatic heterocycles. The van der Waals surface area contributed by atoms with Crippen LogP contribution >= 0.6 is 11.6 Å². The summed E-state index contributed by atoms with van der Waals surface area (Å²) in [6.07, 6.45) is 1.29. The first-order chi connectivity index (χ1) is 11.1. The van der Waals surface area contributed by atoms with Gasteiger partial charge in [0, 0.05) is 16.7 Å². The lowest BCUT2D eigenvalue weighted by molar-refractivity contribution is 0.515. The highest BCUT2D eigenvalue weighted by Gasteiger charge is 2.06. The minimum Gasteiger partial charge on any atom is -0.507 e. The summed E-state index contributed by atoms with van der Waals surface area (Å²) in [5.74, 6) is -0.0901. The van der Waals surface area contributed by atoms with Crippen LogP contribution in [-0.4, -0.2) is 15.1 Å². The Balaban J connectivity index is 2.07. The maximum atomic E-state index is 12.1. The number of nitrogens with zero attached hydrogens (tertiary/aromatic N) is 2. The van der Waals surface area contributed by atoms with Crippen molar-refractivity contribution in [3.63, 3.8) is 0 Å². The lowest BCUT2D eigenvalue weighted by atomic mass is 10.1. The van der Waals surface area contributed by atoms with E-state index < -0.39 is 5.56 Å². The fourth-order valence-electron chi connectivity index (χ4n) is 2.10. The number of hydrogen-bond acceptors (Lipinski definition) is 4. The summed E-state index contributed by atoms with van der Waals surface area (Å²) < 4.78 is 0. The zero-order valence-corrected chi connectivity index (χ0v) is 12.5. The molecule has 5 nitrogen and oxygen atoms in total. The van der Waals surface area contributed by atoms with Crippen molar-refractivity contribution in [3.8, 4) is 6.07 Å². The van der Waals surface area contributed by atoms with Crippen molar-refractivity contribution in [3.05, 3.63) is 74.7 Å². The van der Waals surface area contributed by atoms with E-state index in [9.17, 15) is 9.90 Å². The summed E-state index contributed by atoms with van der Waals surface area (Å²) in [7, 11) is 0. The number of H-pyrrole nitrogens is 1. The Morgan fingerprint density at radius 3 is 2.70 bits per heavy atom. The van der Waals surface area contributed by atoms with Crippen molar-refractivity contribution in [1.82, 2.24) is 9.97 Å². The predicted molar refractivity (Wildman–Crippen MR) is 89.0 cm³/mol. The molecule has 6 heteroatoms. The standard InChI is InChI=1S/C17H10ClN3O2/c18-12-4-2-11(3-5-12)16(22)8-15-17(23)21-14-7-10(9-19)1-6-13(14)20-15/h1-8,22H,(H,21,23)/b16-8-. The summed E-state index contributed by atoms with van der Waals surface area (Å²) >= 11 is 5.80. The molecule has 0 atom stereocenters. The summed E-state index contributed by atoms with van der Waals surface area (Å²) in [4.78, 5) is 18.9. The van der Waals surface area contributed by atoms with Crippen LogP contribution in [0.3, 0.4) is 0 Å². The number of fused-ring (bicyclic) bond motifs is 1. The molecule has 2 N–H and O–H groups in total. The highest BCUT2D eigenvalue weighted by atomic mass is 35.5. The second-order valence-corrected chi connectivity index (χ2v) is 5.27. The first kappa shape index (κ1) is 14.8. The Bertz CT molecular complexity index is 1010. The van der Waals surface area contributed by atoms with E-state index in [1.807, 2.05) is 6.07 Å². The molecule has 3 aromatic rings. The smallest absolute Gasteiger partial charge is 0.274 e. The van der Waals surface area contributed by atoms with E-state index in [-0.39, 0.29) is 11.5 Å². The van der Waals surface area contributed by atoms with Gasteiger partial charge < -0.3 is 10.1 Å². The molecular formula is C17H10ClN3O2. The molecule has 0 radical (unpaired) electrons. The van der Waals surface area contributed by atoms with Crippen LogP contribution in [0.25, 0.3) is 22.9 Å². The summed E-state index contributed by atoms with van der Waals surface area (Å²) in [6, 6.07) is 13.4. The average molecular weight is 324 g/mol.